The molecule has 1 rings (SSSR count). The van der Waals surface area contributed by atoms with Gasteiger partial charge >= 0.3 is 5.97 Å². The summed E-state index contributed by atoms with van der Waals surface area (Å²) in [5.41, 5.74) is 0.204. The van der Waals surface area contributed by atoms with Crippen LogP contribution in [0.25, 0.3) is 0 Å². The van der Waals surface area contributed by atoms with Crippen LogP contribution in [-0.2, 0) is 14.8 Å². The van der Waals surface area contributed by atoms with E-state index in [0.717, 1.165) is 6.54 Å². The number of hydrogen-bond donors (Lipinski definition) is 2. The van der Waals surface area contributed by atoms with Crippen molar-refractivity contribution in [3.05, 3.63) is 29.8 Å². The molecule has 0 saturated heterocycles. The molecule has 0 radical (unpaired) electrons. The number of sulfonamides is 1. The highest BCUT2D eigenvalue weighted by Gasteiger charge is 2.17. The highest BCUT2D eigenvalue weighted by Crippen LogP contribution is 2.12. The van der Waals surface area contributed by atoms with Crippen molar-refractivity contribution in [1.82, 2.24) is 10.0 Å². The Hall–Kier alpha value is -1.44. The molecule has 0 aromatic heterocycles. The molecule has 20 heavy (non-hydrogen) atoms. The van der Waals surface area contributed by atoms with Crippen molar-refractivity contribution < 1.29 is 17.9 Å². The molecule has 0 aliphatic carbocycles. The minimum atomic E-state index is -3.64. The minimum Gasteiger partial charge on any atom is -0.465 e. The molecule has 1 atom stereocenters. The molecule has 2 N–H and O–H groups in total. The first-order chi connectivity index (χ1) is 9.40. The van der Waals surface area contributed by atoms with Gasteiger partial charge < -0.3 is 10.1 Å². The van der Waals surface area contributed by atoms with E-state index in [1.807, 2.05) is 13.8 Å². The zero-order valence-corrected chi connectivity index (χ0v) is 12.7. The molecule has 0 spiro atoms. The number of methoxy groups -OCH3 is 1. The van der Waals surface area contributed by atoms with Gasteiger partial charge in [0.25, 0.3) is 0 Å². The van der Waals surface area contributed by atoms with Crippen LogP contribution in [0, 0.1) is 0 Å². The molecule has 0 amide bonds. The Labute approximate surface area is 119 Å². The predicted molar refractivity (Wildman–Crippen MR) is 76.1 cm³/mol. The monoisotopic (exact) mass is 300 g/mol. The minimum absolute atomic E-state index is 0.0264. The van der Waals surface area contributed by atoms with Gasteiger partial charge in [0.1, 0.15) is 0 Å². The van der Waals surface area contributed by atoms with Crippen LogP contribution in [0.1, 0.15) is 24.2 Å². The Morgan fingerprint density at radius 2 is 2.10 bits per heavy atom. The standard InChI is InChI=1S/C13H20N2O4S/c1-4-14-10(2)9-15-20(17,18)12-7-5-6-11(8-12)13(16)19-3/h5-8,10,14-15H,4,9H2,1-3H3/t10-/m1/s1. The normalized spacial score (nSPS) is 12.9. The molecule has 0 fully saturated rings. The number of likely N-dealkylation sites (N-methyl/N-ethyl adjacent to an activating group) is 1. The number of benzene rings is 1. The van der Waals surface area contributed by atoms with Crippen LogP contribution in [0.15, 0.2) is 29.2 Å². The number of rotatable bonds is 7. The zero-order valence-electron chi connectivity index (χ0n) is 11.8. The first-order valence-electron chi connectivity index (χ1n) is 6.32. The average Bonchev–Trinajstić information content (AvgIpc) is 2.45. The Kier molecular flexibility index (Phi) is 6.12. The van der Waals surface area contributed by atoms with E-state index in [0.29, 0.717) is 0 Å². The van der Waals surface area contributed by atoms with Crippen molar-refractivity contribution in [3.63, 3.8) is 0 Å². The molecular formula is C13H20N2O4S. The third-order valence-electron chi connectivity index (χ3n) is 2.70. The summed E-state index contributed by atoms with van der Waals surface area (Å²) >= 11 is 0. The predicted octanol–water partition coefficient (Wildman–Crippen LogP) is 0.750. The van der Waals surface area contributed by atoms with Gasteiger partial charge in [-0.15, -0.1) is 0 Å². The summed E-state index contributed by atoms with van der Waals surface area (Å²) in [6, 6.07) is 5.78. The van der Waals surface area contributed by atoms with Gasteiger partial charge in [0, 0.05) is 12.6 Å². The fourth-order valence-electron chi connectivity index (χ4n) is 1.65. The summed E-state index contributed by atoms with van der Waals surface area (Å²) in [4.78, 5) is 11.4. The van der Waals surface area contributed by atoms with E-state index >= 15 is 0 Å². The molecule has 0 saturated carbocycles. The number of esters is 1. The van der Waals surface area contributed by atoms with Gasteiger partial charge in [0.15, 0.2) is 0 Å². The van der Waals surface area contributed by atoms with Crippen LogP contribution >= 0.6 is 0 Å². The topological polar surface area (TPSA) is 84.5 Å². The highest BCUT2D eigenvalue weighted by molar-refractivity contribution is 7.89. The van der Waals surface area contributed by atoms with Crippen LogP contribution in [0.2, 0.25) is 0 Å². The van der Waals surface area contributed by atoms with Crippen molar-refractivity contribution in [1.29, 1.82) is 0 Å². The van der Waals surface area contributed by atoms with Crippen molar-refractivity contribution >= 4 is 16.0 Å². The van der Waals surface area contributed by atoms with E-state index in [1.54, 1.807) is 0 Å². The van der Waals surface area contributed by atoms with E-state index in [-0.39, 0.29) is 23.0 Å². The van der Waals surface area contributed by atoms with E-state index < -0.39 is 16.0 Å². The average molecular weight is 300 g/mol. The maximum Gasteiger partial charge on any atom is 0.337 e. The van der Waals surface area contributed by atoms with E-state index in [1.165, 1.54) is 31.4 Å². The Morgan fingerprint density at radius 1 is 1.40 bits per heavy atom. The summed E-state index contributed by atoms with van der Waals surface area (Å²) in [5.74, 6) is -0.567. The Bertz CT molecular complexity index is 557. The smallest absolute Gasteiger partial charge is 0.337 e. The van der Waals surface area contributed by atoms with Crippen molar-refractivity contribution in [3.8, 4) is 0 Å². The largest absolute Gasteiger partial charge is 0.465 e. The fourth-order valence-corrected chi connectivity index (χ4v) is 2.82. The molecule has 6 nitrogen and oxygen atoms in total. The van der Waals surface area contributed by atoms with E-state index in [4.69, 9.17) is 0 Å². The third kappa shape index (κ3) is 4.59. The fraction of sp³-hybridized carbons (Fsp3) is 0.462. The zero-order chi connectivity index (χ0) is 15.2. The van der Waals surface area contributed by atoms with E-state index in [2.05, 4.69) is 14.8 Å². The van der Waals surface area contributed by atoms with Crippen LogP contribution in [-0.4, -0.2) is 40.6 Å². The molecule has 1 aromatic rings. The molecule has 0 heterocycles. The number of carbonyl (C=O) groups is 1. The lowest BCUT2D eigenvalue weighted by atomic mass is 10.2. The van der Waals surface area contributed by atoms with Crippen molar-refractivity contribution in [2.24, 2.45) is 0 Å². The maximum atomic E-state index is 12.1. The second kappa shape index (κ2) is 7.37. The summed E-state index contributed by atoms with van der Waals surface area (Å²) in [6.45, 7) is 4.88. The van der Waals surface area contributed by atoms with Crippen molar-refractivity contribution in [2.75, 3.05) is 20.2 Å². The van der Waals surface area contributed by atoms with Gasteiger partial charge in [0.05, 0.1) is 17.6 Å². The quantitative estimate of drug-likeness (QED) is 0.726. The Balaban J connectivity index is 2.85. The lowest BCUT2D eigenvalue weighted by Gasteiger charge is -2.13. The van der Waals surface area contributed by atoms with Crippen LogP contribution in [0.5, 0.6) is 0 Å². The lowest BCUT2D eigenvalue weighted by Crippen LogP contribution is -2.38. The molecule has 0 bridgehead atoms. The molecule has 1 aromatic carbocycles. The molecule has 7 heteroatoms. The molecule has 0 aliphatic heterocycles. The Morgan fingerprint density at radius 3 is 2.70 bits per heavy atom. The lowest BCUT2D eigenvalue weighted by molar-refractivity contribution is 0.0600. The number of ether oxygens (including phenoxy) is 1. The molecular weight excluding hydrogens is 280 g/mol. The van der Waals surface area contributed by atoms with E-state index in [9.17, 15) is 13.2 Å². The maximum absolute atomic E-state index is 12.1. The number of carbonyl (C=O) groups excluding carboxylic acids is 1. The second-order valence-corrected chi connectivity index (χ2v) is 6.10. The molecule has 0 unspecified atom stereocenters. The van der Waals surface area contributed by atoms with Gasteiger partial charge in [-0.3, -0.25) is 0 Å². The molecule has 112 valence electrons. The van der Waals surface area contributed by atoms with Gasteiger partial charge in [0.2, 0.25) is 10.0 Å². The number of hydrogen-bond acceptors (Lipinski definition) is 5. The SMILES string of the molecule is CCN[C@H](C)CNS(=O)(=O)c1cccc(C(=O)OC)c1. The first kappa shape index (κ1) is 16.6. The van der Waals surface area contributed by atoms with Crippen LogP contribution in [0.4, 0.5) is 0 Å². The van der Waals surface area contributed by atoms with Crippen LogP contribution in [0.3, 0.4) is 0 Å². The summed E-state index contributed by atoms with van der Waals surface area (Å²) in [6.07, 6.45) is 0. The first-order valence-corrected chi connectivity index (χ1v) is 7.80. The van der Waals surface area contributed by atoms with Gasteiger partial charge in [-0.05, 0) is 31.7 Å². The van der Waals surface area contributed by atoms with Gasteiger partial charge in [-0.25, -0.2) is 17.9 Å². The molecule has 0 aliphatic rings. The van der Waals surface area contributed by atoms with Crippen molar-refractivity contribution in [2.45, 2.75) is 24.8 Å². The summed E-state index contributed by atoms with van der Waals surface area (Å²) in [5, 5.41) is 3.11. The second-order valence-electron chi connectivity index (χ2n) is 4.33. The highest BCUT2D eigenvalue weighted by atomic mass is 32.2. The number of nitrogens with one attached hydrogen (secondary N) is 2. The third-order valence-corrected chi connectivity index (χ3v) is 4.12. The van der Waals surface area contributed by atoms with Gasteiger partial charge in [-0.2, -0.15) is 0 Å². The summed E-state index contributed by atoms with van der Waals surface area (Å²) < 4.78 is 31.3. The summed E-state index contributed by atoms with van der Waals surface area (Å²) in [7, 11) is -2.39. The van der Waals surface area contributed by atoms with Crippen LogP contribution < -0.4 is 10.0 Å². The van der Waals surface area contributed by atoms with Gasteiger partial charge in [-0.1, -0.05) is 13.0 Å².